The number of carbonyl (C=O) groups is 1. The van der Waals surface area contributed by atoms with Gasteiger partial charge in [0.15, 0.2) is 8.32 Å². The highest BCUT2D eigenvalue weighted by Gasteiger charge is 2.38. The van der Waals surface area contributed by atoms with Crippen molar-refractivity contribution in [3.8, 4) is 0 Å². The van der Waals surface area contributed by atoms with Gasteiger partial charge in [-0.3, -0.25) is 4.79 Å². The first-order chi connectivity index (χ1) is 14.1. The van der Waals surface area contributed by atoms with Gasteiger partial charge in [-0.2, -0.15) is 0 Å². The smallest absolute Gasteiger partial charge is 0.222 e. The standard InChI is InChI=1S/C25H40N2O2Si/c1-7-19-18-27(14-12-21-17-26-23-11-9-8-10-22(21)23)24(28)16-20(19)13-15-29-30(5,6)25(2,3)4/h8-11,17,19-20,26H,7,12-16,18H2,1-6H3/t19-,20+/m1/s1. The zero-order valence-corrected chi connectivity index (χ0v) is 20.8. The van der Waals surface area contributed by atoms with Crippen LogP contribution in [-0.2, 0) is 15.6 Å². The first-order valence-corrected chi connectivity index (χ1v) is 14.5. The van der Waals surface area contributed by atoms with Crippen LogP contribution in [0.4, 0.5) is 0 Å². The quantitative estimate of drug-likeness (QED) is 0.524. The number of aromatic amines is 1. The number of nitrogens with zero attached hydrogens (tertiary/aromatic N) is 1. The molecule has 1 aromatic heterocycles. The molecule has 0 radical (unpaired) electrons. The van der Waals surface area contributed by atoms with E-state index in [1.165, 1.54) is 16.5 Å². The molecule has 2 heterocycles. The molecule has 1 aliphatic heterocycles. The Morgan fingerprint density at radius 2 is 1.93 bits per heavy atom. The minimum atomic E-state index is -1.72. The van der Waals surface area contributed by atoms with E-state index in [0.717, 1.165) is 39.0 Å². The second kappa shape index (κ2) is 9.27. The summed E-state index contributed by atoms with van der Waals surface area (Å²) in [6.45, 7) is 16.2. The Bertz CT molecular complexity index is 852. The van der Waals surface area contributed by atoms with Crippen LogP contribution in [0.3, 0.4) is 0 Å². The molecular weight excluding hydrogens is 388 g/mol. The van der Waals surface area contributed by atoms with Gasteiger partial charge >= 0.3 is 0 Å². The lowest BCUT2D eigenvalue weighted by Crippen LogP contribution is -2.46. The molecule has 0 aliphatic carbocycles. The summed E-state index contributed by atoms with van der Waals surface area (Å²) in [5, 5.41) is 1.51. The van der Waals surface area contributed by atoms with Crippen LogP contribution in [0.15, 0.2) is 30.5 Å². The molecule has 0 bridgehead atoms. The minimum Gasteiger partial charge on any atom is -0.417 e. The molecule has 3 rings (SSSR count). The van der Waals surface area contributed by atoms with Crippen LogP contribution in [0.25, 0.3) is 10.9 Å². The van der Waals surface area contributed by atoms with Gasteiger partial charge in [-0.25, -0.2) is 0 Å². The van der Waals surface area contributed by atoms with Crippen molar-refractivity contribution in [2.75, 3.05) is 19.7 Å². The number of rotatable bonds is 8. The Hall–Kier alpha value is -1.59. The third kappa shape index (κ3) is 5.17. The summed E-state index contributed by atoms with van der Waals surface area (Å²) in [7, 11) is -1.72. The average molecular weight is 429 g/mol. The van der Waals surface area contributed by atoms with Crippen molar-refractivity contribution in [2.24, 2.45) is 11.8 Å². The number of carbonyl (C=O) groups excluding carboxylic acids is 1. The largest absolute Gasteiger partial charge is 0.417 e. The summed E-state index contributed by atoms with van der Waals surface area (Å²) in [5.74, 6) is 1.35. The number of H-pyrrole nitrogens is 1. The number of fused-ring (bicyclic) bond motifs is 1. The lowest BCUT2D eigenvalue weighted by molar-refractivity contribution is -0.137. The Labute approximate surface area is 183 Å². The molecule has 1 amide bonds. The van der Waals surface area contributed by atoms with Crippen LogP contribution in [0.2, 0.25) is 18.1 Å². The van der Waals surface area contributed by atoms with Gasteiger partial charge in [0.1, 0.15) is 0 Å². The third-order valence-electron chi connectivity index (χ3n) is 7.52. The Balaban J connectivity index is 1.54. The van der Waals surface area contributed by atoms with E-state index in [1.807, 2.05) is 0 Å². The average Bonchev–Trinajstić information content (AvgIpc) is 3.09. The molecular formula is C25H40N2O2Si. The van der Waals surface area contributed by atoms with Crippen molar-refractivity contribution in [1.29, 1.82) is 0 Å². The Morgan fingerprint density at radius 3 is 2.63 bits per heavy atom. The van der Waals surface area contributed by atoms with E-state index in [1.54, 1.807) is 0 Å². The summed E-state index contributed by atoms with van der Waals surface area (Å²) in [5.41, 5.74) is 2.47. The number of benzene rings is 1. The van der Waals surface area contributed by atoms with Crippen molar-refractivity contribution in [3.63, 3.8) is 0 Å². The summed E-state index contributed by atoms with van der Waals surface area (Å²) < 4.78 is 6.40. The van der Waals surface area contributed by atoms with E-state index in [-0.39, 0.29) is 5.04 Å². The first kappa shape index (κ1) is 23.1. The number of para-hydroxylation sites is 1. The monoisotopic (exact) mass is 428 g/mol. The molecule has 0 unspecified atom stereocenters. The summed E-state index contributed by atoms with van der Waals surface area (Å²) in [6.07, 6.45) is 5.81. The zero-order chi connectivity index (χ0) is 21.9. The Morgan fingerprint density at radius 1 is 1.20 bits per heavy atom. The lowest BCUT2D eigenvalue weighted by Gasteiger charge is -2.40. The van der Waals surface area contributed by atoms with E-state index in [2.05, 4.69) is 81.1 Å². The molecule has 1 fully saturated rings. The lowest BCUT2D eigenvalue weighted by atomic mass is 9.81. The molecule has 166 valence electrons. The molecule has 4 nitrogen and oxygen atoms in total. The fraction of sp³-hybridized carbons (Fsp3) is 0.640. The van der Waals surface area contributed by atoms with E-state index in [9.17, 15) is 4.79 Å². The molecule has 1 N–H and O–H groups in total. The number of aromatic nitrogens is 1. The number of hydrogen-bond donors (Lipinski definition) is 1. The van der Waals surface area contributed by atoms with Gasteiger partial charge in [0.25, 0.3) is 0 Å². The maximum Gasteiger partial charge on any atom is 0.222 e. The van der Waals surface area contributed by atoms with Crippen LogP contribution >= 0.6 is 0 Å². The van der Waals surface area contributed by atoms with Crippen molar-refractivity contribution in [2.45, 2.75) is 71.5 Å². The summed E-state index contributed by atoms with van der Waals surface area (Å²) in [6, 6.07) is 8.40. The van der Waals surface area contributed by atoms with Crippen LogP contribution in [0.1, 0.15) is 52.5 Å². The highest BCUT2D eigenvalue weighted by Crippen LogP contribution is 2.37. The molecule has 2 atom stereocenters. The minimum absolute atomic E-state index is 0.235. The zero-order valence-electron chi connectivity index (χ0n) is 19.8. The topological polar surface area (TPSA) is 45.3 Å². The molecule has 30 heavy (non-hydrogen) atoms. The molecule has 1 saturated heterocycles. The maximum atomic E-state index is 12.9. The number of piperidine rings is 1. The predicted molar refractivity (Wildman–Crippen MR) is 128 cm³/mol. The number of amides is 1. The molecule has 1 aromatic carbocycles. The van der Waals surface area contributed by atoms with Gasteiger partial charge in [-0.05, 0) is 54.4 Å². The summed E-state index contributed by atoms with van der Waals surface area (Å²) in [4.78, 5) is 18.3. The van der Waals surface area contributed by atoms with Gasteiger partial charge in [-0.15, -0.1) is 0 Å². The highest BCUT2D eigenvalue weighted by molar-refractivity contribution is 6.74. The van der Waals surface area contributed by atoms with Gasteiger partial charge in [0.2, 0.25) is 5.91 Å². The van der Waals surface area contributed by atoms with Gasteiger partial charge in [0, 0.05) is 43.2 Å². The predicted octanol–water partition coefficient (Wildman–Crippen LogP) is 6.00. The van der Waals surface area contributed by atoms with Crippen molar-refractivity contribution in [1.82, 2.24) is 9.88 Å². The van der Waals surface area contributed by atoms with Crippen LogP contribution in [-0.4, -0.2) is 43.8 Å². The first-order valence-electron chi connectivity index (χ1n) is 11.6. The van der Waals surface area contributed by atoms with E-state index in [4.69, 9.17) is 4.43 Å². The second-order valence-corrected chi connectivity index (χ2v) is 15.3. The van der Waals surface area contributed by atoms with Crippen molar-refractivity contribution < 1.29 is 9.22 Å². The Kier molecular flexibility index (Phi) is 7.13. The van der Waals surface area contributed by atoms with Crippen LogP contribution < -0.4 is 0 Å². The number of hydrogen-bond acceptors (Lipinski definition) is 2. The number of likely N-dealkylation sites (tertiary alicyclic amines) is 1. The van der Waals surface area contributed by atoms with E-state index < -0.39 is 8.32 Å². The van der Waals surface area contributed by atoms with Crippen LogP contribution in [0, 0.1) is 11.8 Å². The fourth-order valence-corrected chi connectivity index (χ4v) is 5.41. The highest BCUT2D eigenvalue weighted by atomic mass is 28.4. The number of nitrogens with one attached hydrogen (secondary N) is 1. The normalized spacial score (nSPS) is 20.9. The van der Waals surface area contributed by atoms with Crippen molar-refractivity contribution >= 4 is 25.1 Å². The van der Waals surface area contributed by atoms with Crippen LogP contribution in [0.5, 0.6) is 0 Å². The molecule has 0 saturated carbocycles. The second-order valence-electron chi connectivity index (χ2n) is 10.5. The SMILES string of the molecule is CC[C@@H]1CN(CCc2c[nH]c3ccccc23)C(=O)C[C@@H]1CCO[Si](C)(C)C(C)(C)C. The fourth-order valence-electron chi connectivity index (χ4n) is 4.35. The van der Waals surface area contributed by atoms with Gasteiger partial charge in [-0.1, -0.05) is 52.3 Å². The van der Waals surface area contributed by atoms with Gasteiger partial charge in [0.05, 0.1) is 0 Å². The van der Waals surface area contributed by atoms with Crippen molar-refractivity contribution in [3.05, 3.63) is 36.0 Å². The van der Waals surface area contributed by atoms with E-state index in [0.29, 0.717) is 24.2 Å². The molecule has 1 aliphatic rings. The van der Waals surface area contributed by atoms with E-state index >= 15 is 0 Å². The molecule has 5 heteroatoms. The third-order valence-corrected chi connectivity index (χ3v) is 12.1. The maximum absolute atomic E-state index is 12.9. The van der Waals surface area contributed by atoms with Gasteiger partial charge < -0.3 is 14.3 Å². The molecule has 2 aromatic rings. The molecule has 0 spiro atoms. The summed E-state index contributed by atoms with van der Waals surface area (Å²) >= 11 is 0.